The molecule has 16 heavy (non-hydrogen) atoms. The fourth-order valence-electron chi connectivity index (χ4n) is 2.07. The first-order valence-electron chi connectivity index (χ1n) is 5.55. The topological polar surface area (TPSA) is 12.0 Å². The summed E-state index contributed by atoms with van der Waals surface area (Å²) in [6.07, 6.45) is -1.99. The second kappa shape index (κ2) is 5.39. The molecule has 1 nitrogen and oxygen atoms in total. The molecule has 3 heteroatoms. The van der Waals surface area contributed by atoms with Crippen molar-refractivity contribution >= 4 is 0 Å². The van der Waals surface area contributed by atoms with E-state index in [1.54, 1.807) is 31.3 Å². The van der Waals surface area contributed by atoms with Crippen molar-refractivity contribution in [1.29, 1.82) is 0 Å². The average molecular weight is 227 g/mol. The first kappa shape index (κ1) is 13.1. The lowest BCUT2D eigenvalue weighted by atomic mass is 9.82. The van der Waals surface area contributed by atoms with Crippen LogP contribution in [0.15, 0.2) is 30.3 Å². The smallest absolute Gasteiger partial charge is 0.260 e. The third kappa shape index (κ3) is 2.59. The van der Waals surface area contributed by atoms with Crippen molar-refractivity contribution in [2.45, 2.75) is 32.2 Å². The van der Waals surface area contributed by atoms with Gasteiger partial charge in [0, 0.05) is 0 Å². The van der Waals surface area contributed by atoms with Crippen molar-refractivity contribution in [2.24, 2.45) is 5.92 Å². The highest BCUT2D eigenvalue weighted by Gasteiger charge is 2.40. The Labute approximate surface area is 95.9 Å². The molecule has 0 saturated heterocycles. The molecule has 1 aromatic carbocycles. The first-order valence-corrected chi connectivity index (χ1v) is 5.55. The average Bonchev–Trinajstić information content (AvgIpc) is 2.26. The molecule has 0 saturated carbocycles. The SMILES string of the molecule is CNC(CC(C)C)(c1ccccc1)C(F)F. The van der Waals surface area contributed by atoms with Gasteiger partial charge in [0.2, 0.25) is 0 Å². The van der Waals surface area contributed by atoms with E-state index in [1.165, 1.54) is 0 Å². The van der Waals surface area contributed by atoms with E-state index in [9.17, 15) is 8.78 Å². The summed E-state index contributed by atoms with van der Waals surface area (Å²) in [5.41, 5.74) is -0.573. The fraction of sp³-hybridized carbons (Fsp3) is 0.538. The van der Waals surface area contributed by atoms with Gasteiger partial charge >= 0.3 is 0 Å². The van der Waals surface area contributed by atoms with Crippen LogP contribution in [0.2, 0.25) is 0 Å². The molecule has 0 radical (unpaired) electrons. The molecular formula is C13H19F2N. The van der Waals surface area contributed by atoms with Crippen LogP contribution in [-0.4, -0.2) is 13.5 Å². The van der Waals surface area contributed by atoms with Crippen LogP contribution in [0.4, 0.5) is 8.78 Å². The van der Waals surface area contributed by atoms with E-state index in [1.807, 2.05) is 19.9 Å². The summed E-state index contributed by atoms with van der Waals surface area (Å²) in [7, 11) is 1.60. The molecule has 90 valence electrons. The summed E-state index contributed by atoms with van der Waals surface area (Å²) in [5.74, 6) is 0.210. The Morgan fingerprint density at radius 1 is 1.19 bits per heavy atom. The van der Waals surface area contributed by atoms with E-state index < -0.39 is 12.0 Å². The molecule has 0 fully saturated rings. The van der Waals surface area contributed by atoms with Gasteiger partial charge in [-0.25, -0.2) is 8.78 Å². The molecule has 1 N–H and O–H groups in total. The zero-order chi connectivity index (χ0) is 12.2. The van der Waals surface area contributed by atoms with Gasteiger partial charge in [0.1, 0.15) is 5.54 Å². The number of rotatable bonds is 5. The van der Waals surface area contributed by atoms with Crippen molar-refractivity contribution in [2.75, 3.05) is 7.05 Å². The van der Waals surface area contributed by atoms with E-state index in [0.717, 1.165) is 0 Å². The van der Waals surface area contributed by atoms with Crippen LogP contribution in [0.5, 0.6) is 0 Å². The van der Waals surface area contributed by atoms with Gasteiger partial charge < -0.3 is 5.32 Å². The number of alkyl halides is 2. The molecule has 1 rings (SSSR count). The van der Waals surface area contributed by atoms with Crippen LogP contribution >= 0.6 is 0 Å². The summed E-state index contributed by atoms with van der Waals surface area (Å²) in [6.45, 7) is 3.91. The molecule has 0 amide bonds. The standard InChI is InChI=1S/C13H19F2N/c1-10(2)9-13(16-3,12(14)15)11-7-5-4-6-8-11/h4-8,10,12,16H,9H2,1-3H3. The Kier molecular flexibility index (Phi) is 4.42. The van der Waals surface area contributed by atoms with Gasteiger partial charge in [0.05, 0.1) is 0 Å². The Morgan fingerprint density at radius 2 is 1.75 bits per heavy atom. The minimum absolute atomic E-state index is 0.210. The molecule has 0 aromatic heterocycles. The van der Waals surface area contributed by atoms with Gasteiger partial charge in [0.15, 0.2) is 0 Å². The lowest BCUT2D eigenvalue weighted by Gasteiger charge is -2.35. The third-order valence-corrected chi connectivity index (χ3v) is 2.84. The predicted octanol–water partition coefficient (Wildman–Crippen LogP) is 3.41. The highest BCUT2D eigenvalue weighted by Crippen LogP contribution is 2.34. The number of hydrogen-bond acceptors (Lipinski definition) is 1. The number of halogens is 2. The summed E-state index contributed by atoms with van der Waals surface area (Å²) in [6, 6.07) is 8.94. The molecule has 0 aliphatic rings. The van der Waals surface area contributed by atoms with E-state index in [-0.39, 0.29) is 5.92 Å². The minimum atomic E-state index is -2.41. The highest BCUT2D eigenvalue weighted by molar-refractivity contribution is 5.25. The second-order valence-electron chi connectivity index (χ2n) is 4.49. The van der Waals surface area contributed by atoms with E-state index >= 15 is 0 Å². The fourth-order valence-corrected chi connectivity index (χ4v) is 2.07. The van der Waals surface area contributed by atoms with E-state index in [0.29, 0.717) is 12.0 Å². The minimum Gasteiger partial charge on any atom is -0.306 e. The lowest BCUT2D eigenvalue weighted by Crippen LogP contribution is -2.47. The summed E-state index contributed by atoms with van der Waals surface area (Å²) >= 11 is 0. The van der Waals surface area contributed by atoms with E-state index in [2.05, 4.69) is 5.32 Å². The zero-order valence-corrected chi connectivity index (χ0v) is 10.0. The van der Waals surface area contributed by atoms with Gasteiger partial charge in [-0.3, -0.25) is 0 Å². The molecule has 0 bridgehead atoms. The van der Waals surface area contributed by atoms with Crippen LogP contribution in [0.25, 0.3) is 0 Å². The molecule has 0 aliphatic heterocycles. The molecule has 1 unspecified atom stereocenters. The number of hydrogen-bond donors (Lipinski definition) is 1. The summed E-state index contributed by atoms with van der Waals surface area (Å²) in [5, 5.41) is 2.81. The Hall–Kier alpha value is -0.960. The maximum atomic E-state index is 13.3. The maximum absolute atomic E-state index is 13.3. The Morgan fingerprint density at radius 3 is 2.12 bits per heavy atom. The molecular weight excluding hydrogens is 208 g/mol. The largest absolute Gasteiger partial charge is 0.306 e. The first-order chi connectivity index (χ1) is 7.53. The van der Waals surface area contributed by atoms with Gasteiger partial charge in [-0.05, 0) is 24.9 Å². The van der Waals surface area contributed by atoms with Crippen molar-refractivity contribution in [3.63, 3.8) is 0 Å². The highest BCUT2D eigenvalue weighted by atomic mass is 19.3. The summed E-state index contributed by atoms with van der Waals surface area (Å²) < 4.78 is 26.7. The van der Waals surface area contributed by atoms with Crippen LogP contribution in [-0.2, 0) is 5.54 Å². The van der Waals surface area contributed by atoms with Crippen molar-refractivity contribution in [1.82, 2.24) is 5.32 Å². The van der Waals surface area contributed by atoms with Gasteiger partial charge in [-0.1, -0.05) is 44.2 Å². The molecule has 0 aliphatic carbocycles. The number of benzene rings is 1. The second-order valence-corrected chi connectivity index (χ2v) is 4.49. The van der Waals surface area contributed by atoms with Gasteiger partial charge in [0.25, 0.3) is 6.43 Å². The summed E-state index contributed by atoms with van der Waals surface area (Å²) in [4.78, 5) is 0. The van der Waals surface area contributed by atoms with Crippen LogP contribution in [0.1, 0.15) is 25.8 Å². The normalized spacial score (nSPS) is 15.4. The quantitative estimate of drug-likeness (QED) is 0.812. The monoisotopic (exact) mass is 227 g/mol. The Balaban J connectivity index is 3.12. The van der Waals surface area contributed by atoms with E-state index in [4.69, 9.17) is 0 Å². The molecule has 0 heterocycles. The van der Waals surface area contributed by atoms with Crippen LogP contribution < -0.4 is 5.32 Å². The molecule has 1 atom stereocenters. The van der Waals surface area contributed by atoms with Crippen molar-refractivity contribution in [3.05, 3.63) is 35.9 Å². The Bertz CT molecular complexity index is 311. The lowest BCUT2D eigenvalue weighted by molar-refractivity contribution is 0.0186. The maximum Gasteiger partial charge on any atom is 0.260 e. The van der Waals surface area contributed by atoms with Crippen molar-refractivity contribution in [3.8, 4) is 0 Å². The van der Waals surface area contributed by atoms with Crippen LogP contribution in [0.3, 0.4) is 0 Å². The third-order valence-electron chi connectivity index (χ3n) is 2.84. The molecule has 0 spiro atoms. The predicted molar refractivity (Wildman–Crippen MR) is 62.6 cm³/mol. The van der Waals surface area contributed by atoms with Gasteiger partial charge in [-0.2, -0.15) is 0 Å². The van der Waals surface area contributed by atoms with Gasteiger partial charge in [-0.15, -0.1) is 0 Å². The van der Waals surface area contributed by atoms with Crippen molar-refractivity contribution < 1.29 is 8.78 Å². The van der Waals surface area contributed by atoms with Crippen LogP contribution in [0, 0.1) is 5.92 Å². The zero-order valence-electron chi connectivity index (χ0n) is 10.0. The number of nitrogens with one attached hydrogen (secondary N) is 1. The molecule has 1 aromatic rings.